The number of carbonyl (C=O) groups excluding carboxylic acids is 6. The van der Waals surface area contributed by atoms with E-state index >= 15 is 0 Å². The minimum Gasteiger partial charge on any atom is -0.481 e. The Morgan fingerprint density at radius 2 is 1.80 bits per heavy atom. The SMILES string of the molecule is COC(=O)NC1CCC(=O)N2CCC[C@@H](C(=O)N[C@@H](CC(=O)O)C(=O)COC(=O)c3c(Cl)cccc3Cl)N2C1=O. The number of alkyl carbamates (subject to hydrolysis) is 1. The lowest BCUT2D eigenvalue weighted by atomic mass is 10.0. The Balaban J connectivity index is 1.76. The zero-order valence-corrected chi connectivity index (χ0v) is 22.7. The minimum atomic E-state index is -1.64. The molecule has 40 heavy (non-hydrogen) atoms. The van der Waals surface area contributed by atoms with Crippen LogP contribution in [0.25, 0.3) is 0 Å². The van der Waals surface area contributed by atoms with Crippen molar-refractivity contribution in [3.63, 3.8) is 0 Å². The summed E-state index contributed by atoms with van der Waals surface area (Å²) < 4.78 is 9.50. The summed E-state index contributed by atoms with van der Waals surface area (Å²) in [6.45, 7) is -0.779. The number of carboxylic acid groups (broad SMARTS) is 1. The van der Waals surface area contributed by atoms with E-state index in [0.717, 1.165) is 17.1 Å². The number of hydrazine groups is 1. The molecule has 2 heterocycles. The molecular weight excluding hydrogens is 575 g/mol. The molecular formula is C24H26Cl2N4O10. The molecule has 4 amide bonds. The number of hydrogen-bond donors (Lipinski definition) is 3. The Morgan fingerprint density at radius 1 is 1.12 bits per heavy atom. The first-order valence-corrected chi connectivity index (χ1v) is 12.8. The van der Waals surface area contributed by atoms with E-state index < -0.39 is 72.7 Å². The summed E-state index contributed by atoms with van der Waals surface area (Å²) in [7, 11) is 1.10. The molecule has 3 rings (SSSR count). The second-order valence-electron chi connectivity index (χ2n) is 8.88. The molecule has 3 atom stereocenters. The van der Waals surface area contributed by atoms with Crippen LogP contribution in [-0.4, -0.2) is 95.0 Å². The molecule has 0 aromatic heterocycles. The third kappa shape index (κ3) is 7.18. The van der Waals surface area contributed by atoms with Crippen LogP contribution in [-0.2, 0) is 33.4 Å². The average molecular weight is 601 g/mol. The smallest absolute Gasteiger partial charge is 0.407 e. The van der Waals surface area contributed by atoms with Crippen molar-refractivity contribution in [2.75, 3.05) is 20.3 Å². The number of fused-ring (bicyclic) bond motifs is 1. The van der Waals surface area contributed by atoms with Crippen molar-refractivity contribution in [2.24, 2.45) is 0 Å². The lowest BCUT2D eigenvalue weighted by Gasteiger charge is -2.43. The maximum absolute atomic E-state index is 13.3. The maximum Gasteiger partial charge on any atom is 0.407 e. The minimum absolute atomic E-state index is 0.0288. The molecule has 1 aromatic rings. The normalized spacial score (nSPS) is 19.6. The molecule has 2 saturated heterocycles. The van der Waals surface area contributed by atoms with E-state index in [1.165, 1.54) is 18.2 Å². The predicted molar refractivity (Wildman–Crippen MR) is 136 cm³/mol. The standard InChI is InChI=1S/C24H26Cl2N4O10/c1-39-24(38)28-14-7-8-18(32)29-9-3-6-16(30(29)22(14)36)21(35)27-15(10-19(33)34)17(31)11-40-23(37)20-12(25)4-2-5-13(20)26/h2,4-5,14-16H,3,6-11H2,1H3,(H,27,35)(H,28,38)(H,33,34)/t14?,15-,16-/m0/s1. The number of Topliss-reactive ketones (excluding diaryl/α,β-unsaturated/α-hetero) is 1. The number of nitrogens with zero attached hydrogens (tertiary/aromatic N) is 2. The van der Waals surface area contributed by atoms with Gasteiger partial charge < -0.3 is 25.2 Å². The lowest BCUT2D eigenvalue weighted by molar-refractivity contribution is -0.176. The Kier molecular flexibility index (Phi) is 10.3. The molecule has 0 radical (unpaired) electrons. The zero-order valence-electron chi connectivity index (χ0n) is 21.2. The first-order valence-electron chi connectivity index (χ1n) is 12.1. The van der Waals surface area contributed by atoms with E-state index in [9.17, 15) is 38.7 Å². The van der Waals surface area contributed by atoms with Crippen LogP contribution in [0.15, 0.2) is 18.2 Å². The predicted octanol–water partition coefficient (Wildman–Crippen LogP) is 0.932. The van der Waals surface area contributed by atoms with Crippen LogP contribution in [0.4, 0.5) is 4.79 Å². The number of carboxylic acids is 1. The second-order valence-corrected chi connectivity index (χ2v) is 9.70. The summed E-state index contributed by atoms with van der Waals surface area (Å²) in [5.41, 5.74) is -0.195. The fraction of sp³-hybridized carbons (Fsp3) is 0.458. The summed E-state index contributed by atoms with van der Waals surface area (Å²) in [6, 6.07) is 0.158. The molecule has 2 aliphatic rings. The van der Waals surface area contributed by atoms with Crippen LogP contribution in [0.1, 0.15) is 42.5 Å². The van der Waals surface area contributed by atoms with Crippen LogP contribution in [0, 0.1) is 0 Å². The van der Waals surface area contributed by atoms with E-state index in [2.05, 4.69) is 15.4 Å². The molecule has 2 aliphatic heterocycles. The van der Waals surface area contributed by atoms with Gasteiger partial charge in [0.2, 0.25) is 11.8 Å². The third-order valence-electron chi connectivity index (χ3n) is 6.24. The highest BCUT2D eigenvalue weighted by atomic mass is 35.5. The summed E-state index contributed by atoms with van der Waals surface area (Å²) in [4.78, 5) is 87.7. The second kappa shape index (κ2) is 13.4. The molecule has 3 N–H and O–H groups in total. The monoisotopic (exact) mass is 600 g/mol. The molecule has 0 saturated carbocycles. The number of rotatable bonds is 9. The van der Waals surface area contributed by atoms with Crippen LogP contribution in [0.2, 0.25) is 10.0 Å². The Morgan fingerprint density at radius 3 is 2.42 bits per heavy atom. The number of methoxy groups -OCH3 is 1. The van der Waals surface area contributed by atoms with Gasteiger partial charge >= 0.3 is 18.0 Å². The van der Waals surface area contributed by atoms with Crippen molar-refractivity contribution in [1.82, 2.24) is 20.7 Å². The van der Waals surface area contributed by atoms with E-state index in [1.54, 1.807) is 0 Å². The molecule has 1 unspecified atom stereocenters. The highest BCUT2D eigenvalue weighted by Gasteiger charge is 2.45. The van der Waals surface area contributed by atoms with Crippen LogP contribution in [0.5, 0.6) is 0 Å². The van der Waals surface area contributed by atoms with Gasteiger partial charge in [0.15, 0.2) is 12.4 Å². The lowest BCUT2D eigenvalue weighted by Crippen LogP contribution is -2.64. The third-order valence-corrected chi connectivity index (χ3v) is 6.87. The van der Waals surface area contributed by atoms with E-state index in [1.807, 2.05) is 0 Å². The topological polar surface area (TPSA) is 189 Å². The van der Waals surface area contributed by atoms with Gasteiger partial charge in [-0.25, -0.2) is 14.6 Å². The van der Waals surface area contributed by atoms with Gasteiger partial charge in [0.05, 0.1) is 29.1 Å². The Labute approximate surface area is 237 Å². The number of ketones is 1. The average Bonchev–Trinajstić information content (AvgIpc) is 3.02. The van der Waals surface area contributed by atoms with Crippen molar-refractivity contribution in [3.8, 4) is 0 Å². The number of carbonyl (C=O) groups is 7. The highest BCUT2D eigenvalue weighted by molar-refractivity contribution is 6.39. The summed E-state index contributed by atoms with van der Waals surface area (Å²) >= 11 is 11.9. The molecule has 1 aromatic carbocycles. The molecule has 14 nitrogen and oxygen atoms in total. The number of nitrogens with one attached hydrogen (secondary N) is 2. The first kappa shape index (κ1) is 30.6. The fourth-order valence-electron chi connectivity index (χ4n) is 4.30. The number of ether oxygens (including phenoxy) is 2. The molecule has 0 bridgehead atoms. The Bertz CT molecular complexity index is 1210. The molecule has 0 spiro atoms. The van der Waals surface area contributed by atoms with Crippen molar-refractivity contribution in [2.45, 2.75) is 50.2 Å². The number of halogens is 2. The molecule has 216 valence electrons. The number of hydrogen-bond acceptors (Lipinski definition) is 9. The quantitative estimate of drug-likeness (QED) is 0.344. The highest BCUT2D eigenvalue weighted by Crippen LogP contribution is 2.26. The van der Waals surface area contributed by atoms with Crippen molar-refractivity contribution in [3.05, 3.63) is 33.8 Å². The molecule has 16 heteroatoms. The van der Waals surface area contributed by atoms with Crippen molar-refractivity contribution in [1.29, 1.82) is 0 Å². The summed E-state index contributed by atoms with van der Waals surface area (Å²) in [5.74, 6) is -5.54. The van der Waals surface area contributed by atoms with Gasteiger partial charge in [-0.2, -0.15) is 0 Å². The molecule has 2 fully saturated rings. The van der Waals surface area contributed by atoms with Gasteiger partial charge in [0.25, 0.3) is 5.91 Å². The van der Waals surface area contributed by atoms with Crippen LogP contribution in [0.3, 0.4) is 0 Å². The molecule has 0 aliphatic carbocycles. The van der Waals surface area contributed by atoms with Gasteiger partial charge in [0, 0.05) is 13.0 Å². The van der Waals surface area contributed by atoms with Crippen molar-refractivity contribution >= 4 is 64.7 Å². The summed E-state index contributed by atoms with van der Waals surface area (Å²) in [6.07, 6.45) is -1.47. The maximum atomic E-state index is 13.3. The van der Waals surface area contributed by atoms with E-state index in [4.69, 9.17) is 27.9 Å². The number of esters is 1. The van der Waals surface area contributed by atoms with Gasteiger partial charge in [0.1, 0.15) is 18.1 Å². The first-order chi connectivity index (χ1) is 18.9. The number of benzene rings is 1. The fourth-order valence-corrected chi connectivity index (χ4v) is 4.85. The number of aliphatic carboxylic acids is 1. The van der Waals surface area contributed by atoms with Gasteiger partial charge in [-0.3, -0.25) is 29.0 Å². The van der Waals surface area contributed by atoms with Crippen molar-refractivity contribution < 1.29 is 48.1 Å². The van der Waals surface area contributed by atoms with Gasteiger partial charge in [-0.15, -0.1) is 0 Å². The zero-order chi connectivity index (χ0) is 29.6. The van der Waals surface area contributed by atoms with Crippen LogP contribution < -0.4 is 10.6 Å². The Hall–Kier alpha value is -3.91. The van der Waals surface area contributed by atoms with E-state index in [0.29, 0.717) is 6.42 Å². The van der Waals surface area contributed by atoms with E-state index in [-0.39, 0.29) is 41.4 Å². The van der Waals surface area contributed by atoms with Gasteiger partial charge in [-0.1, -0.05) is 29.3 Å². The number of amides is 4. The van der Waals surface area contributed by atoms with Crippen LogP contribution >= 0.6 is 23.2 Å². The largest absolute Gasteiger partial charge is 0.481 e. The summed E-state index contributed by atoms with van der Waals surface area (Å²) in [5, 5.41) is 15.9. The van der Waals surface area contributed by atoms with Gasteiger partial charge in [-0.05, 0) is 31.4 Å².